The van der Waals surface area contributed by atoms with Crippen LogP contribution in [0.4, 0.5) is 4.39 Å². The Labute approximate surface area is 155 Å². The molecule has 0 spiro atoms. The lowest BCUT2D eigenvalue weighted by Crippen LogP contribution is -2.18. The summed E-state index contributed by atoms with van der Waals surface area (Å²) in [7, 11) is 0. The maximum atomic E-state index is 14.2. The molecule has 6 nitrogen and oxygen atoms in total. The van der Waals surface area contributed by atoms with Crippen molar-refractivity contribution in [2.24, 2.45) is 5.10 Å². The summed E-state index contributed by atoms with van der Waals surface area (Å²) in [5, 5.41) is 19.6. The fourth-order valence-electron chi connectivity index (χ4n) is 3.23. The second-order valence-corrected chi connectivity index (χ2v) is 6.33. The van der Waals surface area contributed by atoms with Gasteiger partial charge in [-0.3, -0.25) is 5.01 Å². The molecule has 1 atom stereocenters. The molecule has 1 aromatic heterocycles. The first-order valence-corrected chi connectivity index (χ1v) is 8.82. The van der Waals surface area contributed by atoms with Gasteiger partial charge in [-0.05, 0) is 30.2 Å². The Morgan fingerprint density at radius 1 is 1.22 bits per heavy atom. The van der Waals surface area contributed by atoms with Crippen LogP contribution in [0.5, 0.6) is 0 Å². The third-order valence-electron chi connectivity index (χ3n) is 4.63. The van der Waals surface area contributed by atoms with Crippen molar-refractivity contribution in [1.29, 1.82) is 0 Å². The van der Waals surface area contributed by atoms with E-state index >= 15 is 0 Å². The van der Waals surface area contributed by atoms with E-state index in [4.69, 9.17) is 9.63 Å². The highest BCUT2D eigenvalue weighted by atomic mass is 19.1. The van der Waals surface area contributed by atoms with Crippen LogP contribution in [0.15, 0.2) is 58.2 Å². The van der Waals surface area contributed by atoms with E-state index in [1.165, 1.54) is 17.7 Å². The standard InChI is InChI=1S/C20H19FN4O2/c1-2-25-18(14-6-4-3-5-7-14)11-17(23-25)20-22-19(24-27-20)15-9-8-13(12-26)10-16(15)21/h3-10,18,26H,2,11-12H2,1H3. The summed E-state index contributed by atoms with van der Waals surface area (Å²) < 4.78 is 19.6. The number of halogens is 1. The van der Waals surface area contributed by atoms with Gasteiger partial charge in [0.05, 0.1) is 18.2 Å². The van der Waals surface area contributed by atoms with Crippen LogP contribution >= 0.6 is 0 Å². The molecular weight excluding hydrogens is 347 g/mol. The van der Waals surface area contributed by atoms with Gasteiger partial charge >= 0.3 is 0 Å². The average molecular weight is 366 g/mol. The van der Waals surface area contributed by atoms with E-state index in [1.54, 1.807) is 6.07 Å². The smallest absolute Gasteiger partial charge is 0.274 e. The number of hydrogen-bond donors (Lipinski definition) is 1. The van der Waals surface area contributed by atoms with Crippen molar-refractivity contribution in [2.45, 2.75) is 26.0 Å². The summed E-state index contributed by atoms with van der Waals surface area (Å²) in [5.74, 6) is -0.0342. The van der Waals surface area contributed by atoms with E-state index in [0.29, 0.717) is 23.6 Å². The third-order valence-corrected chi connectivity index (χ3v) is 4.63. The van der Waals surface area contributed by atoms with E-state index in [0.717, 1.165) is 6.54 Å². The first-order valence-electron chi connectivity index (χ1n) is 8.82. The van der Waals surface area contributed by atoms with Gasteiger partial charge in [-0.25, -0.2) is 4.39 Å². The van der Waals surface area contributed by atoms with Crippen molar-refractivity contribution in [1.82, 2.24) is 15.1 Å². The number of aliphatic hydroxyl groups is 1. The molecule has 7 heteroatoms. The molecule has 0 amide bonds. The zero-order valence-electron chi connectivity index (χ0n) is 14.8. The van der Waals surface area contributed by atoms with Gasteiger partial charge in [0.1, 0.15) is 11.5 Å². The summed E-state index contributed by atoms with van der Waals surface area (Å²) in [6, 6.07) is 14.7. The Morgan fingerprint density at radius 2 is 2.04 bits per heavy atom. The average Bonchev–Trinajstić information content (AvgIpc) is 3.35. The Hall–Kier alpha value is -3.06. The summed E-state index contributed by atoms with van der Waals surface area (Å²) >= 11 is 0. The van der Waals surface area contributed by atoms with Gasteiger partial charge in [0.25, 0.3) is 5.89 Å². The Kier molecular flexibility index (Phi) is 4.68. The number of hydrazone groups is 1. The zero-order valence-corrected chi connectivity index (χ0v) is 14.8. The fraction of sp³-hybridized carbons (Fsp3) is 0.250. The molecule has 2 heterocycles. The van der Waals surface area contributed by atoms with Crippen LogP contribution in [0.3, 0.4) is 0 Å². The lowest BCUT2D eigenvalue weighted by molar-refractivity contribution is 0.246. The quantitative estimate of drug-likeness (QED) is 0.748. The lowest BCUT2D eigenvalue weighted by Gasteiger charge is -2.21. The highest BCUT2D eigenvalue weighted by molar-refractivity contribution is 5.98. The summed E-state index contributed by atoms with van der Waals surface area (Å²) in [4.78, 5) is 4.34. The second kappa shape index (κ2) is 7.28. The minimum Gasteiger partial charge on any atom is -0.392 e. The molecule has 0 saturated carbocycles. The van der Waals surface area contributed by atoms with Crippen LogP contribution in [0.1, 0.15) is 36.4 Å². The molecule has 3 aromatic rings. The van der Waals surface area contributed by atoms with E-state index in [9.17, 15) is 4.39 Å². The molecule has 1 aliphatic heterocycles. The highest BCUT2D eigenvalue weighted by Crippen LogP contribution is 2.32. The van der Waals surface area contributed by atoms with Gasteiger partial charge in [-0.2, -0.15) is 10.1 Å². The molecule has 0 bridgehead atoms. The highest BCUT2D eigenvalue weighted by Gasteiger charge is 2.30. The van der Waals surface area contributed by atoms with E-state index in [2.05, 4.69) is 27.4 Å². The summed E-state index contributed by atoms with van der Waals surface area (Å²) in [5.41, 5.74) is 2.58. The number of benzene rings is 2. The molecule has 27 heavy (non-hydrogen) atoms. The van der Waals surface area contributed by atoms with Crippen molar-refractivity contribution in [3.63, 3.8) is 0 Å². The third kappa shape index (κ3) is 3.33. The lowest BCUT2D eigenvalue weighted by atomic mass is 10.0. The molecular formula is C20H19FN4O2. The molecule has 1 aliphatic rings. The monoisotopic (exact) mass is 366 g/mol. The minimum absolute atomic E-state index is 0.113. The number of aliphatic hydroxyl groups excluding tert-OH is 1. The van der Waals surface area contributed by atoms with E-state index in [-0.39, 0.29) is 24.0 Å². The van der Waals surface area contributed by atoms with Crippen molar-refractivity contribution >= 4 is 5.71 Å². The fourth-order valence-corrected chi connectivity index (χ4v) is 3.23. The molecule has 1 N–H and O–H groups in total. The first kappa shape index (κ1) is 17.4. The van der Waals surface area contributed by atoms with Gasteiger partial charge < -0.3 is 9.63 Å². The number of rotatable bonds is 5. The molecule has 0 saturated heterocycles. The van der Waals surface area contributed by atoms with Gasteiger partial charge in [0, 0.05) is 13.0 Å². The Morgan fingerprint density at radius 3 is 2.74 bits per heavy atom. The molecule has 138 valence electrons. The van der Waals surface area contributed by atoms with Crippen molar-refractivity contribution in [3.05, 3.63) is 71.4 Å². The van der Waals surface area contributed by atoms with E-state index in [1.807, 2.05) is 30.1 Å². The van der Waals surface area contributed by atoms with Crippen LogP contribution in [0.2, 0.25) is 0 Å². The maximum absolute atomic E-state index is 14.2. The van der Waals surface area contributed by atoms with Crippen molar-refractivity contribution in [2.75, 3.05) is 6.54 Å². The van der Waals surface area contributed by atoms with Gasteiger partial charge in [-0.1, -0.05) is 41.6 Å². The SMILES string of the molecule is CCN1N=C(c2nc(-c3ccc(CO)cc3F)no2)CC1c1ccccc1. The van der Waals surface area contributed by atoms with Gasteiger partial charge in [0.15, 0.2) is 0 Å². The molecule has 0 radical (unpaired) electrons. The molecule has 0 fully saturated rings. The molecule has 2 aromatic carbocycles. The minimum atomic E-state index is -0.500. The van der Waals surface area contributed by atoms with Gasteiger partial charge in [0.2, 0.25) is 5.82 Å². The predicted octanol–water partition coefficient (Wildman–Crippen LogP) is 3.54. The van der Waals surface area contributed by atoms with Crippen LogP contribution in [0.25, 0.3) is 11.4 Å². The number of hydrogen-bond acceptors (Lipinski definition) is 6. The second-order valence-electron chi connectivity index (χ2n) is 6.33. The van der Waals surface area contributed by atoms with Crippen molar-refractivity contribution < 1.29 is 14.0 Å². The topological polar surface area (TPSA) is 74.8 Å². The first-order chi connectivity index (χ1) is 13.2. The molecule has 1 unspecified atom stereocenters. The van der Waals surface area contributed by atoms with Crippen LogP contribution in [-0.4, -0.2) is 32.5 Å². The molecule has 0 aliphatic carbocycles. The number of aromatic nitrogens is 2. The Balaban J connectivity index is 1.60. The maximum Gasteiger partial charge on any atom is 0.274 e. The Bertz CT molecular complexity index is 971. The molecule has 4 rings (SSSR count). The number of nitrogens with zero attached hydrogens (tertiary/aromatic N) is 4. The van der Waals surface area contributed by atoms with Crippen LogP contribution in [-0.2, 0) is 6.61 Å². The van der Waals surface area contributed by atoms with Crippen molar-refractivity contribution in [3.8, 4) is 11.4 Å². The summed E-state index contributed by atoms with van der Waals surface area (Å²) in [6.07, 6.45) is 0.644. The normalized spacial score (nSPS) is 16.6. The van der Waals surface area contributed by atoms with Crippen LogP contribution < -0.4 is 0 Å². The van der Waals surface area contributed by atoms with Crippen LogP contribution in [0, 0.1) is 5.82 Å². The zero-order chi connectivity index (χ0) is 18.8. The summed E-state index contributed by atoms with van der Waals surface area (Å²) in [6.45, 7) is 2.57. The van der Waals surface area contributed by atoms with E-state index < -0.39 is 5.82 Å². The predicted molar refractivity (Wildman–Crippen MR) is 98.3 cm³/mol. The van der Waals surface area contributed by atoms with Gasteiger partial charge in [-0.15, -0.1) is 0 Å². The largest absolute Gasteiger partial charge is 0.392 e.